The van der Waals surface area contributed by atoms with E-state index in [2.05, 4.69) is 13.8 Å². The van der Waals surface area contributed by atoms with Crippen molar-refractivity contribution >= 4 is 17.2 Å². The van der Waals surface area contributed by atoms with E-state index in [0.717, 1.165) is 17.9 Å². The standard InChI is InChI=1S/C13H19NO2S/c1-10(2)9-15-6-7-16-12-5-3-4-11(8-12)13(14)17/h3-5,8,10H,6-7,9H2,1-2H3,(H2,14,17). The van der Waals surface area contributed by atoms with E-state index in [1.165, 1.54) is 0 Å². The van der Waals surface area contributed by atoms with Crippen molar-refractivity contribution in [3.05, 3.63) is 29.8 Å². The Hall–Kier alpha value is -1.13. The van der Waals surface area contributed by atoms with Gasteiger partial charge in [0.15, 0.2) is 0 Å². The first-order valence-corrected chi connectivity index (χ1v) is 6.11. The van der Waals surface area contributed by atoms with Crippen LogP contribution in [0.25, 0.3) is 0 Å². The maximum Gasteiger partial charge on any atom is 0.120 e. The third-order valence-corrected chi connectivity index (χ3v) is 2.30. The van der Waals surface area contributed by atoms with E-state index in [1.807, 2.05) is 24.3 Å². The van der Waals surface area contributed by atoms with Gasteiger partial charge in [0.2, 0.25) is 0 Å². The lowest BCUT2D eigenvalue weighted by Gasteiger charge is -2.09. The Kier molecular flexibility index (Phi) is 5.94. The molecule has 17 heavy (non-hydrogen) atoms. The number of rotatable bonds is 7. The number of benzene rings is 1. The molecule has 0 amide bonds. The molecule has 0 aliphatic heterocycles. The summed E-state index contributed by atoms with van der Waals surface area (Å²) in [5, 5.41) is 0. The first kappa shape index (κ1) is 13.9. The molecule has 0 aliphatic rings. The predicted molar refractivity (Wildman–Crippen MR) is 73.5 cm³/mol. The summed E-state index contributed by atoms with van der Waals surface area (Å²) in [7, 11) is 0. The minimum Gasteiger partial charge on any atom is -0.491 e. The monoisotopic (exact) mass is 253 g/mol. The molecule has 1 aromatic rings. The summed E-state index contributed by atoms with van der Waals surface area (Å²) >= 11 is 4.90. The van der Waals surface area contributed by atoms with Crippen molar-refractivity contribution in [1.82, 2.24) is 0 Å². The average Bonchev–Trinajstić information content (AvgIpc) is 2.28. The number of hydrogen-bond acceptors (Lipinski definition) is 3. The molecular formula is C13H19NO2S. The number of hydrogen-bond donors (Lipinski definition) is 1. The van der Waals surface area contributed by atoms with Crippen LogP contribution in [0.15, 0.2) is 24.3 Å². The van der Waals surface area contributed by atoms with E-state index in [-0.39, 0.29) is 0 Å². The number of thiocarbonyl (C=S) groups is 1. The zero-order valence-electron chi connectivity index (χ0n) is 10.3. The molecular weight excluding hydrogens is 234 g/mol. The third kappa shape index (κ3) is 5.65. The van der Waals surface area contributed by atoms with E-state index >= 15 is 0 Å². The molecule has 94 valence electrons. The minimum absolute atomic E-state index is 0.381. The molecule has 4 heteroatoms. The van der Waals surface area contributed by atoms with E-state index in [9.17, 15) is 0 Å². The molecule has 1 aromatic carbocycles. The van der Waals surface area contributed by atoms with E-state index in [1.54, 1.807) is 0 Å². The molecule has 0 bridgehead atoms. The van der Waals surface area contributed by atoms with Gasteiger partial charge < -0.3 is 15.2 Å². The van der Waals surface area contributed by atoms with Crippen LogP contribution in [0.2, 0.25) is 0 Å². The average molecular weight is 253 g/mol. The molecule has 0 spiro atoms. The van der Waals surface area contributed by atoms with Crippen molar-refractivity contribution in [1.29, 1.82) is 0 Å². The van der Waals surface area contributed by atoms with Crippen molar-refractivity contribution in [2.24, 2.45) is 11.7 Å². The van der Waals surface area contributed by atoms with E-state index in [0.29, 0.717) is 24.1 Å². The van der Waals surface area contributed by atoms with Crippen LogP contribution in [-0.4, -0.2) is 24.8 Å². The Morgan fingerprint density at radius 3 is 2.76 bits per heavy atom. The second kappa shape index (κ2) is 7.25. The summed E-state index contributed by atoms with van der Waals surface area (Å²) in [6.07, 6.45) is 0. The summed E-state index contributed by atoms with van der Waals surface area (Å²) < 4.78 is 11.0. The molecule has 0 aliphatic carbocycles. The minimum atomic E-state index is 0.381. The van der Waals surface area contributed by atoms with Crippen LogP contribution < -0.4 is 10.5 Å². The van der Waals surface area contributed by atoms with Gasteiger partial charge in [-0.1, -0.05) is 38.2 Å². The van der Waals surface area contributed by atoms with Gasteiger partial charge in [-0.3, -0.25) is 0 Å². The van der Waals surface area contributed by atoms with E-state index in [4.69, 9.17) is 27.4 Å². The summed E-state index contributed by atoms with van der Waals surface area (Å²) in [6, 6.07) is 7.46. The van der Waals surface area contributed by atoms with Gasteiger partial charge in [0.05, 0.1) is 6.61 Å². The molecule has 0 saturated heterocycles. The molecule has 0 saturated carbocycles. The fourth-order valence-corrected chi connectivity index (χ4v) is 1.40. The van der Waals surface area contributed by atoms with Gasteiger partial charge in [-0.05, 0) is 18.1 Å². The third-order valence-electron chi connectivity index (χ3n) is 2.07. The Morgan fingerprint density at radius 1 is 1.35 bits per heavy atom. The normalized spacial score (nSPS) is 10.5. The topological polar surface area (TPSA) is 44.5 Å². The van der Waals surface area contributed by atoms with Gasteiger partial charge in [-0.25, -0.2) is 0 Å². The Morgan fingerprint density at radius 2 is 2.12 bits per heavy atom. The first-order valence-electron chi connectivity index (χ1n) is 5.70. The van der Waals surface area contributed by atoms with Crippen molar-refractivity contribution < 1.29 is 9.47 Å². The van der Waals surface area contributed by atoms with Crippen LogP contribution in [0.4, 0.5) is 0 Å². The van der Waals surface area contributed by atoms with Crippen molar-refractivity contribution in [3.63, 3.8) is 0 Å². The van der Waals surface area contributed by atoms with Crippen LogP contribution in [-0.2, 0) is 4.74 Å². The zero-order chi connectivity index (χ0) is 12.7. The van der Waals surface area contributed by atoms with Gasteiger partial charge in [0.25, 0.3) is 0 Å². The SMILES string of the molecule is CC(C)COCCOc1cccc(C(N)=S)c1. The van der Waals surface area contributed by atoms with Gasteiger partial charge in [-0.2, -0.15) is 0 Å². The second-order valence-corrected chi connectivity index (χ2v) is 4.65. The van der Waals surface area contributed by atoms with Gasteiger partial charge in [-0.15, -0.1) is 0 Å². The molecule has 0 unspecified atom stereocenters. The predicted octanol–water partition coefficient (Wildman–Crippen LogP) is 2.37. The molecule has 2 N–H and O–H groups in total. The second-order valence-electron chi connectivity index (χ2n) is 4.21. The van der Waals surface area contributed by atoms with E-state index < -0.39 is 0 Å². The maximum atomic E-state index is 5.54. The lowest BCUT2D eigenvalue weighted by Crippen LogP contribution is -2.11. The molecule has 1 rings (SSSR count). The highest BCUT2D eigenvalue weighted by molar-refractivity contribution is 7.80. The molecule has 0 heterocycles. The maximum absolute atomic E-state index is 5.54. The quantitative estimate of drug-likeness (QED) is 0.598. The van der Waals surface area contributed by atoms with Gasteiger partial charge >= 0.3 is 0 Å². The highest BCUT2D eigenvalue weighted by atomic mass is 32.1. The fourth-order valence-electron chi connectivity index (χ4n) is 1.28. The lowest BCUT2D eigenvalue weighted by atomic mass is 10.2. The molecule has 0 atom stereocenters. The number of ether oxygens (including phenoxy) is 2. The summed E-state index contributed by atoms with van der Waals surface area (Å²) in [4.78, 5) is 0.381. The molecule has 0 aromatic heterocycles. The Bertz CT molecular complexity index is 366. The summed E-state index contributed by atoms with van der Waals surface area (Å²) in [5.41, 5.74) is 6.36. The van der Waals surface area contributed by atoms with Crippen LogP contribution in [0.3, 0.4) is 0 Å². The van der Waals surface area contributed by atoms with Crippen LogP contribution in [0, 0.1) is 5.92 Å². The molecule has 0 fully saturated rings. The lowest BCUT2D eigenvalue weighted by molar-refractivity contribution is 0.0819. The zero-order valence-corrected chi connectivity index (χ0v) is 11.1. The van der Waals surface area contributed by atoms with Gasteiger partial charge in [0, 0.05) is 12.2 Å². The van der Waals surface area contributed by atoms with Crippen molar-refractivity contribution in [3.8, 4) is 5.75 Å². The van der Waals surface area contributed by atoms with Crippen LogP contribution in [0.5, 0.6) is 5.75 Å². The summed E-state index contributed by atoms with van der Waals surface area (Å²) in [6.45, 7) is 6.12. The van der Waals surface area contributed by atoms with Crippen LogP contribution in [0.1, 0.15) is 19.4 Å². The van der Waals surface area contributed by atoms with Gasteiger partial charge in [0.1, 0.15) is 17.3 Å². The highest BCUT2D eigenvalue weighted by Crippen LogP contribution is 2.13. The number of nitrogens with two attached hydrogens (primary N) is 1. The largest absolute Gasteiger partial charge is 0.491 e. The fraction of sp³-hybridized carbons (Fsp3) is 0.462. The van der Waals surface area contributed by atoms with Crippen LogP contribution >= 0.6 is 12.2 Å². The summed E-state index contributed by atoms with van der Waals surface area (Å²) in [5.74, 6) is 1.32. The first-order chi connectivity index (χ1) is 8.09. The molecule has 3 nitrogen and oxygen atoms in total. The molecule has 0 radical (unpaired) electrons. The smallest absolute Gasteiger partial charge is 0.120 e. The van der Waals surface area contributed by atoms with Crippen molar-refractivity contribution in [2.45, 2.75) is 13.8 Å². The Labute approximate surface area is 108 Å². The van der Waals surface area contributed by atoms with Crippen molar-refractivity contribution in [2.75, 3.05) is 19.8 Å². The Balaban J connectivity index is 2.31. The highest BCUT2D eigenvalue weighted by Gasteiger charge is 1.99.